The molecule has 0 bridgehead atoms. The molecule has 0 aromatic heterocycles. The Morgan fingerprint density at radius 2 is 1.00 bits per heavy atom. The minimum absolute atomic E-state index is 0. The first-order valence-corrected chi connectivity index (χ1v) is 10.9. The molecule has 0 aliphatic rings. The summed E-state index contributed by atoms with van der Waals surface area (Å²) < 4.78 is 1.09. The van der Waals surface area contributed by atoms with Gasteiger partial charge in [-0.05, 0) is 12.8 Å². The summed E-state index contributed by atoms with van der Waals surface area (Å²) in [6.07, 6.45) is 19.2. The average Bonchev–Trinajstić information content (AvgIpc) is 2.51. The molecule has 0 spiro atoms. The van der Waals surface area contributed by atoms with Crippen molar-refractivity contribution in [3.05, 3.63) is 0 Å². The van der Waals surface area contributed by atoms with Gasteiger partial charge in [-0.3, -0.25) is 4.79 Å². The molecular formula is C22H53Cl2N3O. The SMILES string of the molecule is CCCCCCCCCCCCCCCC(N)=O.CCC[N+](C)(C)C.Cl.N.[Cl-]. The van der Waals surface area contributed by atoms with Crippen molar-refractivity contribution in [1.82, 2.24) is 6.15 Å². The number of nitrogens with zero attached hydrogens (tertiary/aromatic N) is 1. The number of rotatable bonds is 16. The molecule has 0 unspecified atom stereocenters. The third-order valence-electron chi connectivity index (χ3n) is 4.42. The second-order valence-corrected chi connectivity index (χ2v) is 8.47. The topological polar surface area (TPSA) is 78.1 Å². The zero-order valence-electron chi connectivity index (χ0n) is 19.7. The van der Waals surface area contributed by atoms with E-state index in [1.54, 1.807) is 0 Å². The van der Waals surface area contributed by atoms with E-state index in [1.165, 1.54) is 90.0 Å². The Hall–Kier alpha value is -0.0300. The van der Waals surface area contributed by atoms with Crippen LogP contribution in [0.1, 0.15) is 110 Å². The van der Waals surface area contributed by atoms with Gasteiger partial charge in [-0.15, -0.1) is 12.4 Å². The molecule has 0 atom stereocenters. The van der Waals surface area contributed by atoms with Crippen LogP contribution in [0.25, 0.3) is 0 Å². The Labute approximate surface area is 189 Å². The second kappa shape index (κ2) is 29.2. The molecule has 6 heteroatoms. The molecule has 176 valence electrons. The number of nitrogens with two attached hydrogens (primary N) is 1. The van der Waals surface area contributed by atoms with Crippen molar-refractivity contribution in [2.24, 2.45) is 5.73 Å². The number of primary amides is 1. The fraction of sp³-hybridized carbons (Fsp3) is 0.955. The van der Waals surface area contributed by atoms with Crippen LogP contribution in [0.15, 0.2) is 0 Å². The summed E-state index contributed by atoms with van der Waals surface area (Å²) in [5, 5.41) is 0. The summed E-state index contributed by atoms with van der Waals surface area (Å²) in [4.78, 5) is 10.5. The van der Waals surface area contributed by atoms with E-state index in [0.717, 1.165) is 10.9 Å². The second-order valence-electron chi connectivity index (χ2n) is 8.47. The maximum absolute atomic E-state index is 10.5. The van der Waals surface area contributed by atoms with Gasteiger partial charge >= 0.3 is 0 Å². The van der Waals surface area contributed by atoms with Crippen LogP contribution in [0.2, 0.25) is 0 Å². The van der Waals surface area contributed by atoms with E-state index in [2.05, 4.69) is 35.0 Å². The summed E-state index contributed by atoms with van der Waals surface area (Å²) in [5.74, 6) is -0.155. The zero-order chi connectivity index (χ0) is 19.4. The predicted octanol–water partition coefficient (Wildman–Crippen LogP) is 3.64. The van der Waals surface area contributed by atoms with Gasteiger partial charge in [0, 0.05) is 6.42 Å². The Bertz CT molecular complexity index is 285. The van der Waals surface area contributed by atoms with Gasteiger partial charge in [-0.1, -0.05) is 90.9 Å². The number of carbonyl (C=O) groups excluding carboxylic acids is 1. The van der Waals surface area contributed by atoms with Crippen LogP contribution in [0.3, 0.4) is 0 Å². The zero-order valence-corrected chi connectivity index (χ0v) is 21.3. The molecule has 0 radical (unpaired) electrons. The quantitative estimate of drug-likeness (QED) is 0.280. The van der Waals surface area contributed by atoms with Gasteiger partial charge in [0.2, 0.25) is 5.91 Å². The molecule has 0 heterocycles. The molecular weight excluding hydrogens is 393 g/mol. The van der Waals surface area contributed by atoms with E-state index in [4.69, 9.17) is 5.73 Å². The minimum Gasteiger partial charge on any atom is -1.00 e. The first-order chi connectivity index (χ1) is 11.8. The molecule has 0 aromatic rings. The maximum Gasteiger partial charge on any atom is 0.217 e. The molecule has 0 fully saturated rings. The van der Waals surface area contributed by atoms with Crippen molar-refractivity contribution in [2.45, 2.75) is 110 Å². The lowest BCUT2D eigenvalue weighted by Crippen LogP contribution is -3.00. The smallest absolute Gasteiger partial charge is 0.217 e. The molecule has 0 saturated heterocycles. The van der Waals surface area contributed by atoms with Gasteiger partial charge in [0.25, 0.3) is 0 Å². The molecule has 4 nitrogen and oxygen atoms in total. The van der Waals surface area contributed by atoms with Crippen LogP contribution in [0, 0.1) is 0 Å². The number of hydrogen-bond acceptors (Lipinski definition) is 2. The molecule has 28 heavy (non-hydrogen) atoms. The summed E-state index contributed by atoms with van der Waals surface area (Å²) in [6.45, 7) is 5.76. The van der Waals surface area contributed by atoms with E-state index < -0.39 is 0 Å². The summed E-state index contributed by atoms with van der Waals surface area (Å²) >= 11 is 0. The van der Waals surface area contributed by atoms with Crippen molar-refractivity contribution in [2.75, 3.05) is 27.7 Å². The molecule has 0 aliphatic heterocycles. The molecule has 1 amide bonds. The predicted molar refractivity (Wildman–Crippen MR) is 125 cm³/mol. The number of hydrogen-bond donors (Lipinski definition) is 2. The number of amides is 1. The summed E-state index contributed by atoms with van der Waals surface area (Å²) in [5.41, 5.74) is 5.09. The number of unbranched alkanes of at least 4 members (excludes halogenated alkanes) is 12. The van der Waals surface area contributed by atoms with Crippen molar-refractivity contribution in [3.63, 3.8) is 0 Å². The first-order valence-electron chi connectivity index (χ1n) is 10.9. The monoisotopic (exact) mass is 445 g/mol. The van der Waals surface area contributed by atoms with Crippen LogP contribution < -0.4 is 24.3 Å². The van der Waals surface area contributed by atoms with Gasteiger partial charge < -0.3 is 28.8 Å². The molecule has 0 rings (SSSR count). The van der Waals surface area contributed by atoms with Crippen LogP contribution in [0.4, 0.5) is 0 Å². The van der Waals surface area contributed by atoms with Crippen molar-refractivity contribution in [3.8, 4) is 0 Å². The number of quaternary nitrogens is 1. The largest absolute Gasteiger partial charge is 1.00 e. The van der Waals surface area contributed by atoms with Gasteiger partial charge in [-0.25, -0.2) is 0 Å². The highest BCUT2D eigenvalue weighted by molar-refractivity contribution is 5.85. The van der Waals surface area contributed by atoms with Gasteiger partial charge in [0.1, 0.15) is 0 Å². The van der Waals surface area contributed by atoms with E-state index in [9.17, 15) is 4.79 Å². The standard InChI is InChI=1S/C16H33NO.C6H16N.2ClH.H3N/c1-2-3-4-5-6-7-8-9-10-11-12-13-14-15-16(17)18;1-5-6-7(2,3)4;;;/h2-15H2,1H3,(H2,17,18);5-6H2,1-4H3;2*1H;1H3/q;+1;;;/p-1. The van der Waals surface area contributed by atoms with E-state index in [0.29, 0.717) is 6.42 Å². The van der Waals surface area contributed by atoms with Crippen LogP contribution >= 0.6 is 12.4 Å². The third-order valence-corrected chi connectivity index (χ3v) is 4.42. The summed E-state index contributed by atoms with van der Waals surface area (Å²) in [7, 11) is 6.64. The van der Waals surface area contributed by atoms with Crippen LogP contribution in [-0.4, -0.2) is 38.1 Å². The fourth-order valence-corrected chi connectivity index (χ4v) is 2.99. The van der Waals surface area contributed by atoms with E-state index >= 15 is 0 Å². The van der Waals surface area contributed by atoms with Gasteiger partial charge in [0.15, 0.2) is 0 Å². The Morgan fingerprint density at radius 1 is 0.679 bits per heavy atom. The lowest BCUT2D eigenvalue weighted by molar-refractivity contribution is -0.870. The average molecular weight is 447 g/mol. The highest BCUT2D eigenvalue weighted by Gasteiger charge is 2.01. The maximum atomic E-state index is 10.5. The minimum atomic E-state index is -0.155. The van der Waals surface area contributed by atoms with E-state index in [-0.39, 0.29) is 36.9 Å². The van der Waals surface area contributed by atoms with Gasteiger partial charge in [-0.2, -0.15) is 0 Å². The highest BCUT2D eigenvalue weighted by atomic mass is 35.5. The van der Waals surface area contributed by atoms with Crippen LogP contribution in [-0.2, 0) is 4.79 Å². The van der Waals surface area contributed by atoms with Crippen molar-refractivity contribution < 1.29 is 21.7 Å². The number of carbonyl (C=O) groups is 1. The Balaban J connectivity index is -0.000000152. The lowest BCUT2D eigenvalue weighted by Gasteiger charge is -2.22. The molecule has 0 saturated carbocycles. The molecule has 0 aliphatic carbocycles. The van der Waals surface area contributed by atoms with Crippen LogP contribution in [0.5, 0.6) is 0 Å². The summed E-state index contributed by atoms with van der Waals surface area (Å²) in [6, 6.07) is 0. The normalized spacial score (nSPS) is 9.89. The Morgan fingerprint density at radius 3 is 1.21 bits per heavy atom. The first kappa shape index (κ1) is 38.6. The Kier molecular flexibility index (Phi) is 40.2. The number of halogens is 2. The molecule has 5 N–H and O–H groups in total. The third kappa shape index (κ3) is 45.0. The van der Waals surface area contributed by atoms with Crippen molar-refractivity contribution >= 4 is 18.3 Å². The van der Waals surface area contributed by atoms with E-state index in [1.807, 2.05) is 0 Å². The molecule has 0 aromatic carbocycles. The fourth-order valence-electron chi connectivity index (χ4n) is 2.99. The van der Waals surface area contributed by atoms with Gasteiger partial charge in [0.05, 0.1) is 27.7 Å². The van der Waals surface area contributed by atoms with Crippen molar-refractivity contribution in [1.29, 1.82) is 0 Å². The highest BCUT2D eigenvalue weighted by Crippen LogP contribution is 2.12. The lowest BCUT2D eigenvalue weighted by atomic mass is 10.0.